The molecule has 4 rings (SSSR count). The van der Waals surface area contributed by atoms with Crippen molar-refractivity contribution in [3.05, 3.63) is 57.6 Å². The van der Waals surface area contributed by atoms with Gasteiger partial charge < -0.3 is 14.4 Å². The van der Waals surface area contributed by atoms with Crippen LogP contribution >= 0.6 is 11.3 Å². The van der Waals surface area contributed by atoms with Crippen LogP contribution in [0.5, 0.6) is 0 Å². The Balaban J connectivity index is 1.58. The van der Waals surface area contributed by atoms with Gasteiger partial charge in [0.2, 0.25) is 5.90 Å². The number of esters is 1. The first-order valence-corrected chi connectivity index (χ1v) is 9.44. The van der Waals surface area contributed by atoms with Crippen LogP contribution in [0.3, 0.4) is 0 Å². The Morgan fingerprint density at radius 3 is 2.58 bits per heavy atom. The molecule has 26 heavy (non-hydrogen) atoms. The Morgan fingerprint density at radius 1 is 1.12 bits per heavy atom. The van der Waals surface area contributed by atoms with Gasteiger partial charge >= 0.3 is 5.97 Å². The van der Waals surface area contributed by atoms with Crippen molar-refractivity contribution in [2.45, 2.75) is 13.8 Å². The van der Waals surface area contributed by atoms with Crippen LogP contribution in [0.4, 0.5) is 5.00 Å². The lowest BCUT2D eigenvalue weighted by Gasteiger charge is -2.27. The third-order valence-electron chi connectivity index (χ3n) is 4.30. The molecule has 2 aromatic rings. The van der Waals surface area contributed by atoms with Crippen molar-refractivity contribution < 1.29 is 14.3 Å². The van der Waals surface area contributed by atoms with Crippen molar-refractivity contribution >= 4 is 34.3 Å². The zero-order valence-electron chi connectivity index (χ0n) is 14.8. The summed E-state index contributed by atoms with van der Waals surface area (Å²) in [6.07, 6.45) is 1.80. The summed E-state index contributed by atoms with van der Waals surface area (Å²) >= 11 is 1.65. The summed E-state index contributed by atoms with van der Waals surface area (Å²) in [6.45, 7) is 7.34. The van der Waals surface area contributed by atoms with Crippen molar-refractivity contribution in [3.8, 4) is 0 Å². The molecule has 1 aromatic carbocycles. The number of hydrogen-bond acceptors (Lipinski definition) is 6. The quantitative estimate of drug-likeness (QED) is 0.614. The highest BCUT2D eigenvalue weighted by Gasteiger charge is 2.25. The van der Waals surface area contributed by atoms with Gasteiger partial charge in [-0.1, -0.05) is 17.2 Å². The number of cyclic esters (lactones) is 1. The zero-order chi connectivity index (χ0) is 18.1. The summed E-state index contributed by atoms with van der Waals surface area (Å²) in [7, 11) is 0. The van der Waals surface area contributed by atoms with Gasteiger partial charge in [-0.2, -0.15) is 0 Å². The maximum absolute atomic E-state index is 12.2. The van der Waals surface area contributed by atoms with Crippen LogP contribution in [0, 0.1) is 13.8 Å². The summed E-state index contributed by atoms with van der Waals surface area (Å²) < 4.78 is 10.8. The van der Waals surface area contributed by atoms with Gasteiger partial charge in [-0.05, 0) is 44.2 Å². The van der Waals surface area contributed by atoms with Gasteiger partial charge in [0.05, 0.1) is 18.2 Å². The lowest BCUT2D eigenvalue weighted by atomic mass is 10.1. The number of morpholine rings is 1. The molecule has 2 aliphatic heterocycles. The van der Waals surface area contributed by atoms with Crippen LogP contribution in [0.2, 0.25) is 0 Å². The fraction of sp³-hybridized carbons (Fsp3) is 0.300. The van der Waals surface area contributed by atoms with E-state index in [4.69, 9.17) is 9.47 Å². The minimum absolute atomic E-state index is 0.342. The molecule has 0 unspecified atom stereocenters. The van der Waals surface area contributed by atoms with Crippen LogP contribution in [0.15, 0.2) is 41.0 Å². The number of anilines is 1. The van der Waals surface area contributed by atoms with E-state index in [9.17, 15) is 4.79 Å². The molecule has 0 radical (unpaired) electrons. The first kappa shape index (κ1) is 17.0. The maximum atomic E-state index is 12.2. The minimum atomic E-state index is -0.402. The Hall–Kier alpha value is -2.44. The fourth-order valence-electron chi connectivity index (χ4n) is 3.14. The Kier molecular flexibility index (Phi) is 4.61. The summed E-state index contributed by atoms with van der Waals surface area (Å²) in [5.74, 6) is -0.0292. The van der Waals surface area contributed by atoms with Crippen LogP contribution in [-0.4, -0.2) is 38.2 Å². The zero-order valence-corrected chi connectivity index (χ0v) is 15.6. The molecule has 1 aromatic heterocycles. The van der Waals surface area contributed by atoms with Gasteiger partial charge in [0.15, 0.2) is 5.70 Å². The molecule has 0 saturated carbocycles. The fourth-order valence-corrected chi connectivity index (χ4v) is 4.13. The average Bonchev–Trinajstić information content (AvgIpc) is 3.23. The molecule has 134 valence electrons. The third kappa shape index (κ3) is 3.57. The largest absolute Gasteiger partial charge is 0.402 e. The van der Waals surface area contributed by atoms with Crippen LogP contribution in [0.25, 0.3) is 6.08 Å². The van der Waals surface area contributed by atoms with E-state index in [0.29, 0.717) is 11.6 Å². The standard InChI is InChI=1S/C20H20N2O3S/c1-13-9-14(2)11-15(10-13)19-21-17(20(23)25-19)12-16-3-4-18(26-16)22-5-7-24-8-6-22/h3-4,9-12H,5-8H2,1-2H3. The summed E-state index contributed by atoms with van der Waals surface area (Å²) in [6, 6.07) is 10.1. The molecule has 0 spiro atoms. The molecule has 0 bridgehead atoms. The number of nitrogens with zero attached hydrogens (tertiary/aromatic N) is 2. The molecular formula is C20H20N2O3S. The van der Waals surface area contributed by atoms with E-state index in [0.717, 1.165) is 47.9 Å². The van der Waals surface area contributed by atoms with Crippen molar-refractivity contribution in [1.82, 2.24) is 0 Å². The molecule has 1 saturated heterocycles. The van der Waals surface area contributed by atoms with E-state index >= 15 is 0 Å². The number of aryl methyl sites for hydroxylation is 2. The SMILES string of the molecule is Cc1cc(C)cc(C2=NC(=Cc3ccc(N4CCOCC4)s3)C(=O)O2)c1. The summed E-state index contributed by atoms with van der Waals surface area (Å²) in [5.41, 5.74) is 3.41. The van der Waals surface area contributed by atoms with Crippen molar-refractivity contribution in [2.24, 2.45) is 4.99 Å². The molecule has 1 fully saturated rings. The van der Waals surface area contributed by atoms with Gasteiger partial charge in [0.1, 0.15) is 0 Å². The van der Waals surface area contributed by atoms with Gasteiger partial charge in [-0.3, -0.25) is 0 Å². The Morgan fingerprint density at radius 2 is 1.85 bits per heavy atom. The first-order valence-electron chi connectivity index (χ1n) is 8.62. The van der Waals surface area contributed by atoms with E-state index in [1.165, 1.54) is 5.00 Å². The Bertz CT molecular complexity index is 887. The van der Waals surface area contributed by atoms with Crippen LogP contribution < -0.4 is 4.90 Å². The number of ether oxygens (including phenoxy) is 2. The smallest absolute Gasteiger partial charge is 0.363 e. The van der Waals surface area contributed by atoms with E-state index in [1.54, 1.807) is 17.4 Å². The molecule has 3 heterocycles. The first-order chi connectivity index (χ1) is 12.6. The predicted molar refractivity (Wildman–Crippen MR) is 104 cm³/mol. The highest BCUT2D eigenvalue weighted by molar-refractivity contribution is 7.16. The second-order valence-electron chi connectivity index (χ2n) is 6.49. The molecule has 0 atom stereocenters. The molecular weight excluding hydrogens is 348 g/mol. The molecule has 0 amide bonds. The summed E-state index contributed by atoms with van der Waals surface area (Å²) in [5, 5.41) is 1.19. The van der Waals surface area contributed by atoms with E-state index in [2.05, 4.69) is 22.0 Å². The highest BCUT2D eigenvalue weighted by Crippen LogP contribution is 2.29. The molecule has 5 nitrogen and oxygen atoms in total. The number of thiophene rings is 1. The highest BCUT2D eigenvalue weighted by atomic mass is 32.1. The van der Waals surface area contributed by atoms with E-state index < -0.39 is 5.97 Å². The number of aliphatic imine (C=N–C) groups is 1. The van der Waals surface area contributed by atoms with E-state index in [-0.39, 0.29) is 0 Å². The molecule has 0 N–H and O–H groups in total. The molecule has 6 heteroatoms. The number of hydrogen-bond donors (Lipinski definition) is 0. The van der Waals surface area contributed by atoms with Gasteiger partial charge in [0.25, 0.3) is 0 Å². The second-order valence-corrected chi connectivity index (χ2v) is 7.58. The van der Waals surface area contributed by atoms with Crippen molar-refractivity contribution in [3.63, 3.8) is 0 Å². The molecule has 0 aliphatic carbocycles. The second kappa shape index (κ2) is 7.05. The number of carbonyl (C=O) groups excluding carboxylic acids is 1. The number of rotatable bonds is 3. The van der Waals surface area contributed by atoms with Crippen molar-refractivity contribution in [1.29, 1.82) is 0 Å². The summed E-state index contributed by atoms with van der Waals surface area (Å²) in [4.78, 5) is 19.9. The van der Waals surface area contributed by atoms with Crippen LogP contribution in [0.1, 0.15) is 21.6 Å². The number of benzene rings is 1. The van der Waals surface area contributed by atoms with Gasteiger partial charge in [-0.15, -0.1) is 11.3 Å². The van der Waals surface area contributed by atoms with Crippen molar-refractivity contribution in [2.75, 3.05) is 31.2 Å². The Labute approximate surface area is 156 Å². The predicted octanol–water partition coefficient (Wildman–Crippen LogP) is 3.55. The maximum Gasteiger partial charge on any atom is 0.363 e. The van der Waals surface area contributed by atoms with E-state index in [1.807, 2.05) is 32.0 Å². The topological polar surface area (TPSA) is 51.1 Å². The average molecular weight is 368 g/mol. The monoisotopic (exact) mass is 368 g/mol. The van der Waals surface area contributed by atoms with Gasteiger partial charge in [-0.25, -0.2) is 9.79 Å². The lowest BCUT2D eigenvalue weighted by molar-refractivity contribution is -0.129. The third-order valence-corrected chi connectivity index (χ3v) is 5.40. The normalized spacial score (nSPS) is 19.0. The van der Waals surface area contributed by atoms with Gasteiger partial charge in [0, 0.05) is 23.5 Å². The number of carbonyl (C=O) groups is 1. The molecule has 2 aliphatic rings. The lowest BCUT2D eigenvalue weighted by Crippen LogP contribution is -2.35. The van der Waals surface area contributed by atoms with Crippen LogP contribution in [-0.2, 0) is 14.3 Å². The minimum Gasteiger partial charge on any atom is -0.402 e.